The van der Waals surface area contributed by atoms with Crippen molar-refractivity contribution in [1.29, 1.82) is 0 Å². The summed E-state index contributed by atoms with van der Waals surface area (Å²) in [6, 6.07) is 9.94. The van der Waals surface area contributed by atoms with Gasteiger partial charge in [-0.3, -0.25) is 4.79 Å². The summed E-state index contributed by atoms with van der Waals surface area (Å²) in [7, 11) is 1.82. The van der Waals surface area contributed by atoms with Gasteiger partial charge in [-0.15, -0.1) is 0 Å². The summed E-state index contributed by atoms with van der Waals surface area (Å²) in [6.45, 7) is 2.64. The molecule has 0 heterocycles. The van der Waals surface area contributed by atoms with Crippen LogP contribution >= 0.6 is 0 Å². The van der Waals surface area contributed by atoms with E-state index in [1.807, 2.05) is 44.3 Å². The number of hydrogen-bond acceptors (Lipinski definition) is 2. The van der Waals surface area contributed by atoms with E-state index in [2.05, 4.69) is 0 Å². The molecule has 1 unspecified atom stereocenters. The minimum atomic E-state index is -0.0225. The van der Waals surface area contributed by atoms with Crippen molar-refractivity contribution in [2.24, 2.45) is 5.73 Å². The average Bonchev–Trinajstić information content (AvgIpc) is 2.30. The molecule has 16 heavy (non-hydrogen) atoms. The molecule has 0 spiro atoms. The topological polar surface area (TPSA) is 46.3 Å². The zero-order chi connectivity index (χ0) is 12.0. The molecule has 3 heteroatoms. The largest absolute Gasteiger partial charge is 0.341 e. The molecule has 0 fully saturated rings. The molecular weight excluding hydrogens is 200 g/mol. The van der Waals surface area contributed by atoms with Gasteiger partial charge in [0, 0.05) is 26.1 Å². The standard InChI is InChI=1S/C13H20N2O/c1-3-12(14)9-13(16)15(2)10-11-7-5-4-6-8-11/h4-8,12H,3,9-10,14H2,1-2H3. The van der Waals surface area contributed by atoms with E-state index in [4.69, 9.17) is 5.73 Å². The van der Waals surface area contributed by atoms with Crippen LogP contribution in [0.4, 0.5) is 0 Å². The molecule has 1 atom stereocenters. The summed E-state index contributed by atoms with van der Waals surface area (Å²) in [5, 5.41) is 0. The number of amides is 1. The Balaban J connectivity index is 2.46. The highest BCUT2D eigenvalue weighted by atomic mass is 16.2. The first-order valence-electron chi connectivity index (χ1n) is 5.67. The van der Waals surface area contributed by atoms with Gasteiger partial charge in [-0.05, 0) is 12.0 Å². The van der Waals surface area contributed by atoms with E-state index in [0.717, 1.165) is 12.0 Å². The molecule has 0 aliphatic heterocycles. The first kappa shape index (κ1) is 12.7. The number of hydrogen-bond donors (Lipinski definition) is 1. The number of nitrogens with two attached hydrogens (primary N) is 1. The quantitative estimate of drug-likeness (QED) is 0.822. The molecule has 0 saturated heterocycles. The molecule has 88 valence electrons. The van der Waals surface area contributed by atoms with Gasteiger partial charge in [0.1, 0.15) is 0 Å². The fraction of sp³-hybridized carbons (Fsp3) is 0.462. The van der Waals surface area contributed by atoms with Crippen LogP contribution in [0.5, 0.6) is 0 Å². The SMILES string of the molecule is CCC(N)CC(=O)N(C)Cc1ccccc1. The Labute approximate surface area is 97.2 Å². The second-order valence-electron chi connectivity index (χ2n) is 4.11. The van der Waals surface area contributed by atoms with Gasteiger partial charge in [0.05, 0.1) is 0 Å². The second kappa shape index (κ2) is 6.28. The molecule has 0 radical (unpaired) electrons. The van der Waals surface area contributed by atoms with Gasteiger partial charge in [-0.2, -0.15) is 0 Å². The molecule has 0 bridgehead atoms. The fourth-order valence-corrected chi connectivity index (χ4v) is 1.47. The Bertz CT molecular complexity index is 324. The van der Waals surface area contributed by atoms with E-state index < -0.39 is 0 Å². The summed E-state index contributed by atoms with van der Waals surface area (Å²) < 4.78 is 0. The fourth-order valence-electron chi connectivity index (χ4n) is 1.47. The number of rotatable bonds is 5. The lowest BCUT2D eigenvalue weighted by atomic mass is 10.1. The average molecular weight is 220 g/mol. The van der Waals surface area contributed by atoms with Gasteiger partial charge in [0.2, 0.25) is 5.91 Å². The van der Waals surface area contributed by atoms with Crippen molar-refractivity contribution in [3.63, 3.8) is 0 Å². The normalized spacial score (nSPS) is 12.2. The first-order chi connectivity index (χ1) is 7.63. The van der Waals surface area contributed by atoms with Crippen LogP contribution in [-0.2, 0) is 11.3 Å². The Hall–Kier alpha value is -1.35. The molecule has 0 aromatic heterocycles. The van der Waals surface area contributed by atoms with E-state index in [1.54, 1.807) is 4.90 Å². The molecule has 1 aromatic rings. The molecule has 0 saturated carbocycles. The molecule has 0 aliphatic carbocycles. The van der Waals surface area contributed by atoms with Crippen LogP contribution in [0.3, 0.4) is 0 Å². The highest BCUT2D eigenvalue weighted by Crippen LogP contribution is 2.05. The zero-order valence-electron chi connectivity index (χ0n) is 10.0. The van der Waals surface area contributed by atoms with Crippen LogP contribution in [0.1, 0.15) is 25.3 Å². The van der Waals surface area contributed by atoms with Gasteiger partial charge >= 0.3 is 0 Å². The molecule has 1 rings (SSSR count). The van der Waals surface area contributed by atoms with Gasteiger partial charge in [0.25, 0.3) is 0 Å². The molecule has 2 N–H and O–H groups in total. The minimum absolute atomic E-state index is 0.0225. The molecule has 1 aromatic carbocycles. The third-order valence-corrected chi connectivity index (χ3v) is 2.65. The smallest absolute Gasteiger partial charge is 0.224 e. The number of nitrogens with zero attached hydrogens (tertiary/aromatic N) is 1. The highest BCUT2D eigenvalue weighted by molar-refractivity contribution is 5.76. The maximum atomic E-state index is 11.8. The predicted octanol–water partition coefficient (Wildman–Crippen LogP) is 1.77. The van der Waals surface area contributed by atoms with Gasteiger partial charge in [-0.1, -0.05) is 37.3 Å². The van der Waals surface area contributed by atoms with Crippen molar-refractivity contribution in [2.45, 2.75) is 32.4 Å². The van der Waals surface area contributed by atoms with Gasteiger partial charge in [-0.25, -0.2) is 0 Å². The van der Waals surface area contributed by atoms with E-state index in [9.17, 15) is 4.79 Å². The number of carbonyl (C=O) groups excluding carboxylic acids is 1. The van der Waals surface area contributed by atoms with Crippen molar-refractivity contribution in [2.75, 3.05) is 7.05 Å². The molecule has 0 aliphatic rings. The van der Waals surface area contributed by atoms with Crippen molar-refractivity contribution in [1.82, 2.24) is 4.90 Å². The highest BCUT2D eigenvalue weighted by Gasteiger charge is 2.12. The van der Waals surface area contributed by atoms with Crippen LogP contribution in [0, 0.1) is 0 Å². The minimum Gasteiger partial charge on any atom is -0.341 e. The molecule has 3 nitrogen and oxygen atoms in total. The Morgan fingerprint density at radius 1 is 1.38 bits per heavy atom. The van der Waals surface area contributed by atoms with Crippen molar-refractivity contribution >= 4 is 5.91 Å². The second-order valence-corrected chi connectivity index (χ2v) is 4.11. The lowest BCUT2D eigenvalue weighted by Crippen LogP contribution is -2.32. The van der Waals surface area contributed by atoms with Crippen molar-refractivity contribution in [3.8, 4) is 0 Å². The van der Waals surface area contributed by atoms with Crippen LogP contribution in [-0.4, -0.2) is 23.9 Å². The maximum absolute atomic E-state index is 11.8. The third kappa shape index (κ3) is 4.03. The van der Waals surface area contributed by atoms with E-state index >= 15 is 0 Å². The number of benzene rings is 1. The third-order valence-electron chi connectivity index (χ3n) is 2.65. The summed E-state index contributed by atoms with van der Waals surface area (Å²) in [5.41, 5.74) is 6.90. The summed E-state index contributed by atoms with van der Waals surface area (Å²) >= 11 is 0. The van der Waals surface area contributed by atoms with Gasteiger partial charge in [0.15, 0.2) is 0 Å². The van der Waals surface area contributed by atoms with Crippen molar-refractivity contribution in [3.05, 3.63) is 35.9 Å². The van der Waals surface area contributed by atoms with Gasteiger partial charge < -0.3 is 10.6 Å². The zero-order valence-corrected chi connectivity index (χ0v) is 10.0. The van der Waals surface area contributed by atoms with Crippen LogP contribution < -0.4 is 5.73 Å². The molecular formula is C13H20N2O. The van der Waals surface area contributed by atoms with E-state index in [-0.39, 0.29) is 11.9 Å². The Kier molecular flexibility index (Phi) is 4.99. The molecule has 1 amide bonds. The monoisotopic (exact) mass is 220 g/mol. The van der Waals surface area contributed by atoms with E-state index in [0.29, 0.717) is 13.0 Å². The van der Waals surface area contributed by atoms with Crippen LogP contribution in [0.2, 0.25) is 0 Å². The lowest BCUT2D eigenvalue weighted by molar-refractivity contribution is -0.130. The predicted molar refractivity (Wildman–Crippen MR) is 65.8 cm³/mol. The van der Waals surface area contributed by atoms with Crippen molar-refractivity contribution < 1.29 is 4.79 Å². The Morgan fingerprint density at radius 2 is 2.00 bits per heavy atom. The maximum Gasteiger partial charge on any atom is 0.224 e. The Morgan fingerprint density at radius 3 is 2.56 bits per heavy atom. The van der Waals surface area contributed by atoms with Crippen LogP contribution in [0.25, 0.3) is 0 Å². The number of carbonyl (C=O) groups is 1. The first-order valence-corrected chi connectivity index (χ1v) is 5.67. The summed E-state index contributed by atoms with van der Waals surface area (Å²) in [6.07, 6.45) is 1.27. The van der Waals surface area contributed by atoms with E-state index in [1.165, 1.54) is 0 Å². The summed E-state index contributed by atoms with van der Waals surface area (Å²) in [4.78, 5) is 13.5. The van der Waals surface area contributed by atoms with Crippen LogP contribution in [0.15, 0.2) is 30.3 Å². The lowest BCUT2D eigenvalue weighted by Gasteiger charge is -2.19. The summed E-state index contributed by atoms with van der Waals surface area (Å²) in [5.74, 6) is 0.109.